The quantitative estimate of drug-likeness (QED) is 0.859. The largest absolute Gasteiger partial charge is 0.463 e. The molecule has 0 bridgehead atoms. The molecule has 0 saturated heterocycles. The normalized spacial score (nSPS) is 13.9. The molecule has 2 aromatic heterocycles. The van der Waals surface area contributed by atoms with Crippen molar-refractivity contribution in [1.29, 1.82) is 0 Å². The minimum atomic E-state index is -1.25. The number of ether oxygens (including phenoxy) is 1. The zero-order valence-electron chi connectivity index (χ0n) is 12.3. The summed E-state index contributed by atoms with van der Waals surface area (Å²) in [5.41, 5.74) is -0.406. The van der Waals surface area contributed by atoms with E-state index >= 15 is 0 Å². The molecule has 0 aliphatic carbocycles. The number of carbonyl (C=O) groups excluding carboxylic acids is 1. The summed E-state index contributed by atoms with van der Waals surface area (Å²) in [5.74, 6) is 0.932. The lowest BCUT2D eigenvalue weighted by molar-refractivity contribution is 0.0323. The van der Waals surface area contributed by atoms with Crippen molar-refractivity contribution in [2.75, 3.05) is 13.7 Å². The van der Waals surface area contributed by atoms with Gasteiger partial charge in [-0.2, -0.15) is 0 Å². The Labute approximate surface area is 127 Å². The van der Waals surface area contributed by atoms with E-state index in [1.807, 2.05) is 11.4 Å². The highest BCUT2D eigenvalue weighted by Crippen LogP contribution is 2.23. The lowest BCUT2D eigenvalue weighted by Crippen LogP contribution is -2.38. The molecule has 21 heavy (non-hydrogen) atoms. The summed E-state index contributed by atoms with van der Waals surface area (Å²) in [4.78, 5) is 12.8. The first-order valence-electron chi connectivity index (χ1n) is 6.57. The molecular formula is C15H19NO4S. The molecule has 0 spiro atoms. The van der Waals surface area contributed by atoms with E-state index in [0.717, 1.165) is 11.3 Å². The molecule has 0 aromatic carbocycles. The summed E-state index contributed by atoms with van der Waals surface area (Å²) in [6.45, 7) is 3.88. The molecule has 0 saturated carbocycles. The van der Waals surface area contributed by atoms with Crippen LogP contribution in [0.4, 0.5) is 0 Å². The number of hydrogen-bond acceptors (Lipinski definition) is 5. The Morgan fingerprint density at radius 2 is 2.24 bits per heavy atom. The number of rotatable bonds is 6. The summed E-state index contributed by atoms with van der Waals surface area (Å²) in [7, 11) is 1.59. The van der Waals surface area contributed by atoms with Crippen molar-refractivity contribution in [3.8, 4) is 0 Å². The van der Waals surface area contributed by atoms with Crippen LogP contribution in [0.25, 0.3) is 0 Å². The standard InChI is InChI=1S/C15H19NO4S/c1-10-4-5-12(20-10)15(2,18)9-16-14(17)13-11(8-19-3)6-7-21-13/h4-7,18H,8-9H2,1-3H3,(H,16,17). The summed E-state index contributed by atoms with van der Waals surface area (Å²) in [5, 5.41) is 15.0. The highest BCUT2D eigenvalue weighted by Gasteiger charge is 2.28. The third-order valence-corrected chi connectivity index (χ3v) is 4.07. The van der Waals surface area contributed by atoms with Crippen molar-refractivity contribution in [2.24, 2.45) is 0 Å². The van der Waals surface area contributed by atoms with E-state index in [0.29, 0.717) is 17.2 Å². The topological polar surface area (TPSA) is 71.7 Å². The Morgan fingerprint density at radius 3 is 2.86 bits per heavy atom. The highest BCUT2D eigenvalue weighted by molar-refractivity contribution is 7.12. The summed E-state index contributed by atoms with van der Waals surface area (Å²) >= 11 is 1.35. The molecule has 2 N–H and O–H groups in total. The molecule has 0 fully saturated rings. The first-order chi connectivity index (χ1) is 9.94. The van der Waals surface area contributed by atoms with Gasteiger partial charge in [0.2, 0.25) is 0 Å². The third-order valence-electron chi connectivity index (χ3n) is 3.12. The molecule has 1 amide bonds. The van der Waals surface area contributed by atoms with Crippen molar-refractivity contribution in [3.05, 3.63) is 45.5 Å². The maximum Gasteiger partial charge on any atom is 0.261 e. The van der Waals surface area contributed by atoms with Crippen LogP contribution in [0.3, 0.4) is 0 Å². The monoisotopic (exact) mass is 309 g/mol. The van der Waals surface area contributed by atoms with Crippen molar-refractivity contribution < 1.29 is 19.1 Å². The number of thiophene rings is 1. The second-order valence-corrected chi connectivity index (χ2v) is 5.99. The second-order valence-electron chi connectivity index (χ2n) is 5.07. The minimum absolute atomic E-state index is 0.0725. The number of hydrogen-bond donors (Lipinski definition) is 2. The van der Waals surface area contributed by atoms with E-state index < -0.39 is 5.60 Å². The number of furan rings is 1. The number of aryl methyl sites for hydroxylation is 1. The van der Waals surface area contributed by atoms with Crippen LogP contribution in [-0.4, -0.2) is 24.7 Å². The van der Waals surface area contributed by atoms with Crippen LogP contribution in [0.2, 0.25) is 0 Å². The van der Waals surface area contributed by atoms with Gasteiger partial charge in [-0.25, -0.2) is 0 Å². The molecule has 0 aliphatic rings. The summed E-state index contributed by atoms with van der Waals surface area (Å²) in [6.07, 6.45) is 0. The number of methoxy groups -OCH3 is 1. The van der Waals surface area contributed by atoms with Gasteiger partial charge in [0.05, 0.1) is 18.0 Å². The predicted molar refractivity (Wildman–Crippen MR) is 80.4 cm³/mol. The molecule has 2 heterocycles. The van der Waals surface area contributed by atoms with Gasteiger partial charge in [0.1, 0.15) is 17.1 Å². The molecular weight excluding hydrogens is 290 g/mol. The van der Waals surface area contributed by atoms with E-state index in [4.69, 9.17) is 9.15 Å². The van der Waals surface area contributed by atoms with Gasteiger partial charge in [-0.3, -0.25) is 4.79 Å². The van der Waals surface area contributed by atoms with Gasteiger partial charge >= 0.3 is 0 Å². The van der Waals surface area contributed by atoms with Crippen LogP contribution in [0.5, 0.6) is 0 Å². The molecule has 0 aliphatic heterocycles. The number of amides is 1. The van der Waals surface area contributed by atoms with E-state index in [2.05, 4.69) is 5.32 Å². The Balaban J connectivity index is 2.01. The van der Waals surface area contributed by atoms with Crippen LogP contribution < -0.4 is 5.32 Å². The third kappa shape index (κ3) is 3.72. The van der Waals surface area contributed by atoms with Gasteiger partial charge in [0, 0.05) is 12.7 Å². The van der Waals surface area contributed by atoms with Gasteiger partial charge < -0.3 is 19.6 Å². The minimum Gasteiger partial charge on any atom is -0.463 e. The molecule has 1 atom stereocenters. The molecule has 114 valence electrons. The molecule has 1 unspecified atom stereocenters. The van der Waals surface area contributed by atoms with Crippen molar-refractivity contribution in [1.82, 2.24) is 5.32 Å². The van der Waals surface area contributed by atoms with E-state index in [-0.39, 0.29) is 12.5 Å². The molecule has 6 heteroatoms. The average molecular weight is 309 g/mol. The Kier molecular flexibility index (Phi) is 4.82. The number of aliphatic hydroxyl groups is 1. The molecule has 5 nitrogen and oxygen atoms in total. The SMILES string of the molecule is COCc1ccsc1C(=O)NCC(C)(O)c1ccc(C)o1. The maximum absolute atomic E-state index is 12.2. The van der Waals surface area contributed by atoms with Crippen molar-refractivity contribution >= 4 is 17.2 Å². The number of nitrogens with one attached hydrogen (secondary N) is 1. The highest BCUT2D eigenvalue weighted by atomic mass is 32.1. The van der Waals surface area contributed by atoms with E-state index in [9.17, 15) is 9.90 Å². The Bertz CT molecular complexity index is 615. The summed E-state index contributed by atoms with van der Waals surface area (Å²) in [6, 6.07) is 5.35. The first-order valence-corrected chi connectivity index (χ1v) is 7.45. The molecule has 2 aromatic rings. The smallest absolute Gasteiger partial charge is 0.261 e. The van der Waals surface area contributed by atoms with Gasteiger partial charge in [0.15, 0.2) is 0 Å². The zero-order valence-corrected chi connectivity index (χ0v) is 13.1. The lowest BCUT2D eigenvalue weighted by Gasteiger charge is -2.21. The fourth-order valence-corrected chi connectivity index (χ4v) is 2.77. The van der Waals surface area contributed by atoms with Crippen LogP contribution in [0, 0.1) is 6.92 Å². The zero-order chi connectivity index (χ0) is 15.5. The van der Waals surface area contributed by atoms with Crippen LogP contribution in [-0.2, 0) is 16.9 Å². The van der Waals surface area contributed by atoms with Gasteiger partial charge in [-0.05, 0) is 37.4 Å². The molecule has 0 radical (unpaired) electrons. The van der Waals surface area contributed by atoms with Gasteiger partial charge in [-0.1, -0.05) is 0 Å². The van der Waals surface area contributed by atoms with E-state index in [1.165, 1.54) is 11.3 Å². The first kappa shape index (κ1) is 15.8. The van der Waals surface area contributed by atoms with Crippen molar-refractivity contribution in [2.45, 2.75) is 26.1 Å². The summed E-state index contributed by atoms with van der Waals surface area (Å²) < 4.78 is 10.5. The molecule has 2 rings (SSSR count). The van der Waals surface area contributed by atoms with Gasteiger partial charge in [-0.15, -0.1) is 11.3 Å². The van der Waals surface area contributed by atoms with E-state index in [1.54, 1.807) is 33.1 Å². The maximum atomic E-state index is 12.2. The number of carbonyl (C=O) groups is 1. The predicted octanol–water partition coefficient (Wildman–Crippen LogP) is 2.43. The average Bonchev–Trinajstić information content (AvgIpc) is 3.06. The van der Waals surface area contributed by atoms with Crippen LogP contribution >= 0.6 is 11.3 Å². The van der Waals surface area contributed by atoms with Crippen LogP contribution in [0.1, 0.15) is 33.7 Å². The van der Waals surface area contributed by atoms with Gasteiger partial charge in [0.25, 0.3) is 5.91 Å². The fraction of sp³-hybridized carbons (Fsp3) is 0.400. The van der Waals surface area contributed by atoms with Crippen molar-refractivity contribution in [3.63, 3.8) is 0 Å². The Hall–Kier alpha value is -1.63. The lowest BCUT2D eigenvalue weighted by atomic mass is 10.0. The Morgan fingerprint density at radius 1 is 1.48 bits per heavy atom. The second kappa shape index (κ2) is 6.43. The fourth-order valence-electron chi connectivity index (χ4n) is 1.95. The van der Waals surface area contributed by atoms with Crippen LogP contribution in [0.15, 0.2) is 28.0 Å².